The summed E-state index contributed by atoms with van der Waals surface area (Å²) in [6.07, 6.45) is 1.80. The summed E-state index contributed by atoms with van der Waals surface area (Å²) in [5.74, 6) is 1.40. The van der Waals surface area contributed by atoms with Gasteiger partial charge < -0.3 is 10.6 Å². The fraction of sp³-hybridized carbons (Fsp3) is 0.545. The summed E-state index contributed by atoms with van der Waals surface area (Å²) >= 11 is 0. The molecule has 78 valence electrons. The molecule has 0 saturated carbocycles. The first kappa shape index (κ1) is 11.0. The van der Waals surface area contributed by atoms with E-state index in [-0.39, 0.29) is 6.04 Å². The third-order valence-electron chi connectivity index (χ3n) is 2.32. The van der Waals surface area contributed by atoms with Crippen LogP contribution in [0.3, 0.4) is 0 Å². The Morgan fingerprint density at radius 3 is 2.50 bits per heavy atom. The molecule has 0 saturated heterocycles. The van der Waals surface area contributed by atoms with Gasteiger partial charge in [0.05, 0.1) is 0 Å². The van der Waals surface area contributed by atoms with E-state index in [1.54, 1.807) is 6.20 Å². The van der Waals surface area contributed by atoms with Gasteiger partial charge >= 0.3 is 0 Å². The highest BCUT2D eigenvalue weighted by Gasteiger charge is 2.15. The SMILES string of the molecule is CC(C)[C@@H](N)c1cccnc1N(C)C. The molecule has 2 N–H and O–H groups in total. The van der Waals surface area contributed by atoms with Gasteiger partial charge in [0.1, 0.15) is 5.82 Å². The molecule has 0 aliphatic carbocycles. The third kappa shape index (κ3) is 2.23. The first-order valence-electron chi connectivity index (χ1n) is 4.92. The Hall–Kier alpha value is -1.09. The van der Waals surface area contributed by atoms with Crippen LogP contribution < -0.4 is 10.6 Å². The fourth-order valence-electron chi connectivity index (χ4n) is 1.40. The van der Waals surface area contributed by atoms with E-state index in [9.17, 15) is 0 Å². The molecule has 1 aromatic heterocycles. The number of hydrogen-bond acceptors (Lipinski definition) is 3. The van der Waals surface area contributed by atoms with Gasteiger partial charge in [0.15, 0.2) is 0 Å². The van der Waals surface area contributed by atoms with Crippen LogP contribution in [0.15, 0.2) is 18.3 Å². The fourth-order valence-corrected chi connectivity index (χ4v) is 1.40. The van der Waals surface area contributed by atoms with Crippen LogP contribution in [-0.4, -0.2) is 19.1 Å². The van der Waals surface area contributed by atoms with Crippen molar-refractivity contribution in [3.8, 4) is 0 Å². The average Bonchev–Trinajstić information content (AvgIpc) is 2.16. The minimum atomic E-state index is 0.0566. The zero-order valence-corrected chi connectivity index (χ0v) is 9.36. The van der Waals surface area contributed by atoms with Gasteiger partial charge in [-0.1, -0.05) is 19.9 Å². The van der Waals surface area contributed by atoms with Gasteiger partial charge in [0.25, 0.3) is 0 Å². The Balaban J connectivity index is 3.06. The van der Waals surface area contributed by atoms with Crippen LogP contribution in [0.5, 0.6) is 0 Å². The Morgan fingerprint density at radius 1 is 1.36 bits per heavy atom. The first-order valence-corrected chi connectivity index (χ1v) is 4.92. The van der Waals surface area contributed by atoms with Crippen molar-refractivity contribution in [3.63, 3.8) is 0 Å². The number of aromatic nitrogens is 1. The van der Waals surface area contributed by atoms with Crippen molar-refractivity contribution in [2.45, 2.75) is 19.9 Å². The van der Waals surface area contributed by atoms with Crippen molar-refractivity contribution >= 4 is 5.82 Å². The van der Waals surface area contributed by atoms with Crippen molar-refractivity contribution in [1.29, 1.82) is 0 Å². The van der Waals surface area contributed by atoms with Crippen molar-refractivity contribution in [2.24, 2.45) is 11.7 Å². The lowest BCUT2D eigenvalue weighted by atomic mass is 9.97. The molecule has 1 atom stereocenters. The highest BCUT2D eigenvalue weighted by molar-refractivity contribution is 5.47. The minimum Gasteiger partial charge on any atom is -0.362 e. The van der Waals surface area contributed by atoms with E-state index in [4.69, 9.17) is 5.73 Å². The average molecular weight is 193 g/mol. The summed E-state index contributed by atoms with van der Waals surface area (Å²) in [4.78, 5) is 6.33. The summed E-state index contributed by atoms with van der Waals surface area (Å²) in [7, 11) is 3.97. The number of pyridine rings is 1. The largest absolute Gasteiger partial charge is 0.362 e. The molecule has 0 unspecified atom stereocenters. The van der Waals surface area contributed by atoms with Gasteiger partial charge in [0.2, 0.25) is 0 Å². The van der Waals surface area contributed by atoms with E-state index >= 15 is 0 Å². The van der Waals surface area contributed by atoms with Crippen LogP contribution >= 0.6 is 0 Å². The molecular weight excluding hydrogens is 174 g/mol. The molecule has 1 rings (SSSR count). The predicted octanol–water partition coefficient (Wildman–Crippen LogP) is 1.80. The summed E-state index contributed by atoms with van der Waals surface area (Å²) in [6, 6.07) is 4.04. The number of rotatable bonds is 3. The topological polar surface area (TPSA) is 42.1 Å². The van der Waals surface area contributed by atoms with E-state index in [0.29, 0.717) is 5.92 Å². The Kier molecular flexibility index (Phi) is 3.47. The van der Waals surface area contributed by atoms with E-state index in [2.05, 4.69) is 18.8 Å². The number of anilines is 1. The molecule has 0 fully saturated rings. The molecule has 0 bridgehead atoms. The molecule has 0 spiro atoms. The quantitative estimate of drug-likeness (QED) is 0.796. The van der Waals surface area contributed by atoms with E-state index < -0.39 is 0 Å². The molecule has 0 aliphatic heterocycles. The lowest BCUT2D eigenvalue weighted by Gasteiger charge is -2.22. The van der Waals surface area contributed by atoms with Crippen LogP contribution in [0, 0.1) is 5.92 Å². The van der Waals surface area contributed by atoms with Crippen LogP contribution in [-0.2, 0) is 0 Å². The summed E-state index contributed by atoms with van der Waals surface area (Å²) in [5, 5.41) is 0. The second-order valence-electron chi connectivity index (χ2n) is 4.08. The van der Waals surface area contributed by atoms with Gasteiger partial charge in [-0.05, 0) is 12.0 Å². The standard InChI is InChI=1S/C11H19N3/c1-8(2)10(12)9-6-5-7-13-11(9)14(3)4/h5-8,10H,12H2,1-4H3/t10-/m1/s1. The van der Waals surface area contributed by atoms with Crippen LogP contribution in [0.25, 0.3) is 0 Å². The molecule has 0 radical (unpaired) electrons. The number of nitrogens with zero attached hydrogens (tertiary/aromatic N) is 2. The van der Waals surface area contributed by atoms with Crippen LogP contribution in [0.1, 0.15) is 25.5 Å². The second kappa shape index (κ2) is 4.42. The molecule has 3 nitrogen and oxygen atoms in total. The maximum Gasteiger partial charge on any atom is 0.132 e. The molecule has 3 heteroatoms. The molecule has 1 aromatic rings. The predicted molar refractivity (Wildman–Crippen MR) is 60.3 cm³/mol. The molecule has 0 aromatic carbocycles. The van der Waals surface area contributed by atoms with E-state index in [1.807, 2.05) is 31.1 Å². The van der Waals surface area contributed by atoms with Gasteiger partial charge in [-0.3, -0.25) is 0 Å². The van der Waals surface area contributed by atoms with Crippen LogP contribution in [0.4, 0.5) is 5.82 Å². The summed E-state index contributed by atoms with van der Waals surface area (Å²) < 4.78 is 0. The maximum absolute atomic E-state index is 6.11. The van der Waals surface area contributed by atoms with Crippen molar-refractivity contribution < 1.29 is 0 Å². The Labute approximate surface area is 85.9 Å². The maximum atomic E-state index is 6.11. The molecule has 0 amide bonds. The zero-order chi connectivity index (χ0) is 10.7. The monoisotopic (exact) mass is 193 g/mol. The molecular formula is C11H19N3. The Bertz CT molecular complexity index is 294. The minimum absolute atomic E-state index is 0.0566. The van der Waals surface area contributed by atoms with Gasteiger partial charge in [-0.15, -0.1) is 0 Å². The van der Waals surface area contributed by atoms with Gasteiger partial charge in [-0.2, -0.15) is 0 Å². The van der Waals surface area contributed by atoms with Crippen molar-refractivity contribution in [2.75, 3.05) is 19.0 Å². The normalized spacial score (nSPS) is 13.0. The highest BCUT2D eigenvalue weighted by Crippen LogP contribution is 2.25. The summed E-state index contributed by atoms with van der Waals surface area (Å²) in [6.45, 7) is 4.24. The van der Waals surface area contributed by atoms with E-state index in [1.165, 1.54) is 0 Å². The van der Waals surface area contributed by atoms with Crippen molar-refractivity contribution in [3.05, 3.63) is 23.9 Å². The Morgan fingerprint density at radius 2 is 2.00 bits per heavy atom. The van der Waals surface area contributed by atoms with Gasteiger partial charge in [0, 0.05) is 31.9 Å². The first-order chi connectivity index (χ1) is 6.54. The zero-order valence-electron chi connectivity index (χ0n) is 9.36. The van der Waals surface area contributed by atoms with Crippen molar-refractivity contribution in [1.82, 2.24) is 4.98 Å². The van der Waals surface area contributed by atoms with Gasteiger partial charge in [-0.25, -0.2) is 4.98 Å². The molecule has 14 heavy (non-hydrogen) atoms. The molecule has 0 aliphatic rings. The third-order valence-corrected chi connectivity index (χ3v) is 2.32. The number of hydrogen-bond donors (Lipinski definition) is 1. The molecule has 1 heterocycles. The lowest BCUT2D eigenvalue weighted by Crippen LogP contribution is -2.22. The highest BCUT2D eigenvalue weighted by atomic mass is 15.1. The van der Waals surface area contributed by atoms with Crippen LogP contribution in [0.2, 0.25) is 0 Å². The summed E-state index contributed by atoms with van der Waals surface area (Å²) in [5.41, 5.74) is 7.23. The van der Waals surface area contributed by atoms with E-state index in [0.717, 1.165) is 11.4 Å². The second-order valence-corrected chi connectivity index (χ2v) is 4.08. The smallest absolute Gasteiger partial charge is 0.132 e. The number of nitrogens with two attached hydrogens (primary N) is 1. The lowest BCUT2D eigenvalue weighted by molar-refractivity contribution is 0.513.